The number of fused-ring (bicyclic) bond motifs is 3. The number of carbonyl (C=O) groups excluding carboxylic acids is 5. The van der Waals surface area contributed by atoms with Gasteiger partial charge in [0, 0.05) is 172 Å². The van der Waals surface area contributed by atoms with Crippen LogP contribution in [0.2, 0.25) is 0 Å². The molecule has 28 nitrogen and oxygen atoms in total. The summed E-state index contributed by atoms with van der Waals surface area (Å²) in [6.07, 6.45) is 31.1. The lowest BCUT2D eigenvalue weighted by Gasteiger charge is -2.17. The van der Waals surface area contributed by atoms with Crippen molar-refractivity contribution in [3.63, 3.8) is 0 Å². The number of allylic oxidation sites excluding steroid dienone is 1. The van der Waals surface area contributed by atoms with Gasteiger partial charge in [-0.3, -0.25) is 58.0 Å². The van der Waals surface area contributed by atoms with Crippen LogP contribution in [0.1, 0.15) is 142 Å². The van der Waals surface area contributed by atoms with E-state index in [1.54, 1.807) is 68.0 Å². The van der Waals surface area contributed by atoms with Crippen LogP contribution in [-0.2, 0) is 102 Å². The van der Waals surface area contributed by atoms with Crippen LogP contribution in [0.3, 0.4) is 0 Å². The van der Waals surface area contributed by atoms with Crippen LogP contribution < -0.4 is 14.7 Å². The number of nitrogens with zero attached hydrogens (tertiary/aromatic N) is 23. The molecule has 140 heavy (non-hydrogen) atoms. The minimum Gasteiger partial charge on any atom is -0.311 e. The third-order valence-electron chi connectivity index (χ3n) is 24.1. The third kappa shape index (κ3) is 25.8. The van der Waals surface area contributed by atoms with Crippen LogP contribution in [0.5, 0.6) is 0 Å². The lowest BCUT2D eigenvalue weighted by atomic mass is 10.0. The molecule has 0 saturated heterocycles. The maximum absolute atomic E-state index is 12.9. The first-order valence-electron chi connectivity index (χ1n) is 47.5. The van der Waals surface area contributed by atoms with Crippen LogP contribution in [0.25, 0.3) is 63.0 Å². The monoisotopic (exact) mass is 1960 g/mol. The van der Waals surface area contributed by atoms with Gasteiger partial charge in [0.1, 0.15) is 11.6 Å². The van der Waals surface area contributed by atoms with Crippen LogP contribution in [0, 0.1) is 0 Å². The second-order valence-electron chi connectivity index (χ2n) is 33.9. The van der Waals surface area contributed by atoms with Crippen LogP contribution in [0.4, 0.5) is 17.1 Å². The first-order valence-corrected chi connectivity index (χ1v) is 52.4. The standard InChI is InChI=1S/C22H23N5OS.C22H26N4OS.2C21H23N5OS.C21H20N4OS/c1-3-12-27-21(17-7-10-23-11-8-17)24-25-22(27)29-15-20(28)26-13-9-18-14-16(4-2)5-6-19(18)26;1-4-12-26-21(19-6-5-11-23-14-19)24-25-22(26)28-15-20(27)13-17-7-9-18(10-8-17)16(2)3;1-3-15-5-6-18-17(13-15)9-12-26(18)19(27)14-28-21-24-23-20(25(21)4-2)16-7-10-22-11-8-16;1-3-15-7-8-18-16(12-15)9-11-26(18)19(27)14-28-21-24-23-20(25(21)4-2)17-6-5-10-22-13-17;1-2-15-5-7-16(8-6-15)12-19(26)14-27-21-24-23-20(25(21)18-9-10-18)17-4-3-11-22-13-17/h3,5-8,10-11,14H,1,4,9,12-13,15H2,2H3;5-11,14,16H,4,12-13,15H2,1-3H3;5-8,10-11,13H,3-4,9,12,14H2,1-2H3;5-8,10,12-13H,3-4,9,11,14H2,1-2H3;2-8,11,13,18H,1,9-10,12,14H2. The summed E-state index contributed by atoms with van der Waals surface area (Å²) >= 11 is 7.23. The molecule has 0 radical (unpaired) electrons. The molecule has 1 fully saturated rings. The summed E-state index contributed by atoms with van der Waals surface area (Å²) in [6.45, 7) is 29.7. The van der Waals surface area contributed by atoms with Crippen LogP contribution >= 0.6 is 58.8 Å². The number of ketones is 2. The van der Waals surface area contributed by atoms with Gasteiger partial charge in [-0.25, -0.2) is 0 Å². The number of carbonyl (C=O) groups is 5. The van der Waals surface area contributed by atoms with Crippen molar-refractivity contribution < 1.29 is 24.0 Å². The summed E-state index contributed by atoms with van der Waals surface area (Å²) in [4.78, 5) is 89.8. The van der Waals surface area contributed by atoms with Crippen molar-refractivity contribution in [2.75, 3.05) is 63.1 Å². The number of hydrogen-bond donors (Lipinski definition) is 0. The molecule has 5 aromatic carbocycles. The Kier molecular flexibility index (Phi) is 36.0. The second kappa shape index (κ2) is 49.9. The number of amides is 3. The fraction of sp³-hybridized carbons (Fsp3) is 0.308. The molecule has 3 amide bonds. The van der Waals surface area contributed by atoms with Crippen molar-refractivity contribution in [3.8, 4) is 56.9 Å². The highest BCUT2D eigenvalue weighted by Gasteiger charge is 2.33. The molecule has 10 aromatic heterocycles. The molecule has 13 heterocycles. The van der Waals surface area contributed by atoms with Crippen molar-refractivity contribution in [1.82, 2.24) is 98.7 Å². The lowest BCUT2D eigenvalue weighted by Crippen LogP contribution is -2.30. The van der Waals surface area contributed by atoms with E-state index < -0.39 is 0 Å². The molecule has 718 valence electrons. The van der Waals surface area contributed by atoms with E-state index in [4.69, 9.17) is 0 Å². The Morgan fingerprint density at radius 3 is 1.11 bits per heavy atom. The first kappa shape index (κ1) is 101. The number of rotatable bonds is 36. The Hall–Kier alpha value is -13.5. The molecule has 0 spiro atoms. The van der Waals surface area contributed by atoms with E-state index in [0.29, 0.717) is 65.3 Å². The predicted octanol–water partition coefficient (Wildman–Crippen LogP) is 20.0. The lowest BCUT2D eigenvalue weighted by molar-refractivity contribution is -0.116. The van der Waals surface area contributed by atoms with Gasteiger partial charge in [-0.2, -0.15) is 0 Å². The minimum absolute atomic E-state index is 0.0941. The average Bonchev–Trinajstić information content (AvgIpc) is 1.63. The van der Waals surface area contributed by atoms with Gasteiger partial charge in [-0.05, 0) is 212 Å². The van der Waals surface area contributed by atoms with E-state index in [-0.39, 0.29) is 29.3 Å². The smallest absolute Gasteiger partial charge is 0.237 e. The van der Waals surface area contributed by atoms with Gasteiger partial charge < -0.3 is 28.4 Å². The summed E-state index contributed by atoms with van der Waals surface area (Å²) in [7, 11) is 0. The topological polar surface area (TPSA) is 313 Å². The molecular weight excluding hydrogens is 1850 g/mol. The molecule has 15 aromatic rings. The zero-order valence-electron chi connectivity index (χ0n) is 80.2. The Morgan fingerprint density at radius 2 is 0.736 bits per heavy atom. The van der Waals surface area contributed by atoms with Crippen molar-refractivity contribution in [2.45, 2.75) is 190 Å². The SMILES string of the molecule is C=CCn1c(SCC(=O)N2CCc3cc(CC)ccc32)nnc1-c1ccncc1.C=Cc1ccc(CC(=O)CSc2nnc(-c3cccnc3)n2C2CC2)cc1.CCCn1c(SCC(=O)Cc2ccc(C(C)C)cc2)nnc1-c1cccnc1.CCc1ccc2c(c1)CCN2C(=O)CSc1nnc(-c2cccnc2)n1CC.CCc1ccc2c(c1)CCN2C(=O)CSc1nnc(-c2ccncc2)n1CC. The van der Waals surface area contributed by atoms with Crippen LogP contribution in [0.15, 0.2) is 271 Å². The molecule has 33 heteroatoms. The first-order chi connectivity index (χ1) is 68.4. The summed E-state index contributed by atoms with van der Waals surface area (Å²) in [6, 6.07) is 55.2. The molecular formula is C107H115N23O5S5. The number of anilines is 3. The zero-order chi connectivity index (χ0) is 97.8. The van der Waals surface area contributed by atoms with E-state index >= 15 is 0 Å². The summed E-state index contributed by atoms with van der Waals surface area (Å²) in [5, 5.41) is 47.1. The summed E-state index contributed by atoms with van der Waals surface area (Å²) < 4.78 is 10.3. The quantitative estimate of drug-likeness (QED) is 0.0260. The zero-order valence-corrected chi connectivity index (χ0v) is 84.3. The maximum atomic E-state index is 12.9. The number of benzene rings is 5. The fourth-order valence-electron chi connectivity index (χ4n) is 16.5. The van der Waals surface area contributed by atoms with Gasteiger partial charge in [-0.15, -0.1) is 57.6 Å². The highest BCUT2D eigenvalue weighted by molar-refractivity contribution is 8.00. The minimum atomic E-state index is 0.0941. The normalized spacial score (nSPS) is 12.7. The number of pyridine rings is 5. The number of Topliss-reactive ketones (excluding diaryl/α,β-unsaturated/α-hetero) is 2. The molecule has 1 saturated carbocycles. The maximum Gasteiger partial charge on any atom is 0.237 e. The van der Waals surface area contributed by atoms with Crippen molar-refractivity contribution >= 4 is 111 Å². The Bertz CT molecular complexity index is 6550. The average molecular weight is 1960 g/mol. The van der Waals surface area contributed by atoms with E-state index in [2.05, 4.69) is 232 Å². The highest BCUT2D eigenvalue weighted by atomic mass is 32.2. The molecule has 1 aliphatic carbocycles. The fourth-order valence-corrected chi connectivity index (χ4v) is 20.8. The molecule has 0 bridgehead atoms. The largest absolute Gasteiger partial charge is 0.311 e. The molecule has 3 aliphatic heterocycles. The molecule has 0 unspecified atom stereocenters. The van der Waals surface area contributed by atoms with Crippen LogP contribution in [-0.4, -0.2) is 176 Å². The van der Waals surface area contributed by atoms with E-state index in [9.17, 15) is 24.0 Å². The second-order valence-corrected chi connectivity index (χ2v) is 38.6. The van der Waals surface area contributed by atoms with E-state index in [0.717, 1.165) is 208 Å². The summed E-state index contributed by atoms with van der Waals surface area (Å²) in [5.41, 5.74) is 20.1. The Labute approximate surface area is 838 Å². The molecule has 0 atom stereocenters. The Balaban J connectivity index is 0.000000132. The number of aryl methyl sites for hydroxylation is 3. The number of thioether (sulfide) groups is 5. The molecule has 0 N–H and O–H groups in total. The van der Waals surface area contributed by atoms with E-state index in [1.165, 1.54) is 97.8 Å². The number of hydrogen-bond acceptors (Lipinski definition) is 25. The highest BCUT2D eigenvalue weighted by Crippen LogP contribution is 2.42. The van der Waals surface area contributed by atoms with Gasteiger partial charge >= 0.3 is 0 Å². The van der Waals surface area contributed by atoms with Crippen molar-refractivity contribution in [1.29, 1.82) is 0 Å². The molecule has 19 rings (SSSR count). The van der Waals surface area contributed by atoms with E-state index in [1.807, 2.05) is 119 Å². The van der Waals surface area contributed by atoms with Gasteiger partial charge in [0.25, 0.3) is 0 Å². The van der Waals surface area contributed by atoms with Gasteiger partial charge in [0.15, 0.2) is 54.9 Å². The Morgan fingerprint density at radius 1 is 0.379 bits per heavy atom. The predicted molar refractivity (Wildman–Crippen MR) is 560 cm³/mol. The van der Waals surface area contributed by atoms with Gasteiger partial charge in [-0.1, -0.05) is 204 Å². The summed E-state index contributed by atoms with van der Waals surface area (Å²) in [5.74, 6) is 6.96. The van der Waals surface area contributed by atoms with Crippen molar-refractivity contribution in [3.05, 3.63) is 301 Å². The molecule has 4 aliphatic rings. The van der Waals surface area contributed by atoms with Gasteiger partial charge in [0.05, 0.1) is 28.8 Å². The van der Waals surface area contributed by atoms with Crippen molar-refractivity contribution in [2.24, 2.45) is 0 Å². The van der Waals surface area contributed by atoms with Gasteiger partial charge in [0.2, 0.25) is 17.7 Å². The third-order valence-corrected chi connectivity index (χ3v) is 29.0. The number of aromatic nitrogens is 20.